The minimum Gasteiger partial charge on any atom is -0.474 e. The summed E-state index contributed by atoms with van der Waals surface area (Å²) in [7, 11) is 0. The lowest BCUT2D eigenvalue weighted by molar-refractivity contribution is -0.140. The fraction of sp³-hybridized carbons (Fsp3) is 0.500. The fourth-order valence-electron chi connectivity index (χ4n) is 4.69. The van der Waals surface area contributed by atoms with Gasteiger partial charge in [0.2, 0.25) is 17.8 Å². The molecule has 2 saturated heterocycles. The first-order chi connectivity index (χ1) is 19.2. The second-order valence-corrected chi connectivity index (χ2v) is 9.98. The number of ether oxygens (including phenoxy) is 2. The van der Waals surface area contributed by atoms with Crippen molar-refractivity contribution in [1.29, 1.82) is 0 Å². The largest absolute Gasteiger partial charge is 0.474 e. The van der Waals surface area contributed by atoms with E-state index < -0.39 is 17.8 Å². The maximum atomic E-state index is 13.8. The summed E-state index contributed by atoms with van der Waals surface area (Å²) in [5.41, 5.74) is 4.59. The van der Waals surface area contributed by atoms with E-state index in [0.717, 1.165) is 32.1 Å². The van der Waals surface area contributed by atoms with Crippen LogP contribution in [0.3, 0.4) is 0 Å². The lowest BCUT2D eigenvalue weighted by atomic mass is 10.1. The molecular formula is C26H32F3N9O2. The van der Waals surface area contributed by atoms with Crippen molar-refractivity contribution in [1.82, 2.24) is 29.8 Å². The molecule has 0 amide bonds. The Hall–Kier alpha value is -3.78. The number of hydrogen-bond donors (Lipinski definition) is 2. The van der Waals surface area contributed by atoms with Crippen molar-refractivity contribution in [2.75, 3.05) is 55.3 Å². The molecule has 40 heavy (non-hydrogen) atoms. The first-order valence-electron chi connectivity index (χ1n) is 13.2. The van der Waals surface area contributed by atoms with E-state index in [1.807, 2.05) is 4.90 Å². The molecule has 214 valence electrons. The zero-order valence-corrected chi connectivity index (χ0v) is 22.4. The van der Waals surface area contributed by atoms with Crippen molar-refractivity contribution in [3.05, 3.63) is 36.3 Å². The third-order valence-corrected chi connectivity index (χ3v) is 6.86. The van der Waals surface area contributed by atoms with E-state index in [0.29, 0.717) is 43.9 Å². The number of aromatic nitrogens is 5. The molecule has 5 rings (SSSR count). The second kappa shape index (κ2) is 11.8. The molecule has 0 bridgehead atoms. The molecule has 2 fully saturated rings. The van der Waals surface area contributed by atoms with Gasteiger partial charge in [-0.25, -0.2) is 19.9 Å². The summed E-state index contributed by atoms with van der Waals surface area (Å²) in [6.45, 7) is 8.26. The van der Waals surface area contributed by atoms with Crippen LogP contribution in [0.1, 0.15) is 32.4 Å². The summed E-state index contributed by atoms with van der Waals surface area (Å²) < 4.78 is 52.9. The number of nitrogens with one attached hydrogen (secondary N) is 1. The van der Waals surface area contributed by atoms with Gasteiger partial charge >= 0.3 is 6.18 Å². The van der Waals surface area contributed by atoms with Crippen LogP contribution in [0.25, 0.3) is 11.3 Å². The van der Waals surface area contributed by atoms with Crippen molar-refractivity contribution in [3.8, 4) is 17.1 Å². The third-order valence-electron chi connectivity index (χ3n) is 6.86. The molecule has 0 radical (unpaired) electrons. The van der Waals surface area contributed by atoms with Gasteiger partial charge in [-0.05, 0) is 32.8 Å². The van der Waals surface area contributed by atoms with Crippen LogP contribution in [0.15, 0.2) is 30.6 Å². The predicted octanol–water partition coefficient (Wildman–Crippen LogP) is 3.76. The number of nitrogens with zero attached hydrogens (tertiary/aromatic N) is 7. The van der Waals surface area contributed by atoms with E-state index in [1.165, 1.54) is 6.07 Å². The highest BCUT2D eigenvalue weighted by Gasteiger charge is 2.37. The number of piperidine rings is 1. The monoisotopic (exact) mass is 559 g/mol. The molecule has 0 aromatic carbocycles. The topological polar surface area (TPSA) is 127 Å². The summed E-state index contributed by atoms with van der Waals surface area (Å²) in [5, 5.41) is 3.13. The first-order valence-corrected chi connectivity index (χ1v) is 13.2. The Morgan fingerprint density at radius 3 is 2.42 bits per heavy atom. The van der Waals surface area contributed by atoms with E-state index in [-0.39, 0.29) is 29.1 Å². The average molecular weight is 560 g/mol. The highest BCUT2D eigenvalue weighted by Crippen LogP contribution is 2.36. The van der Waals surface area contributed by atoms with Gasteiger partial charge < -0.3 is 30.3 Å². The number of pyridine rings is 1. The summed E-state index contributed by atoms with van der Waals surface area (Å²) in [5.74, 6) is 0.581. The maximum Gasteiger partial charge on any atom is 0.434 e. The molecule has 11 nitrogen and oxygen atoms in total. The SMILES string of the molecule is CC(C)N1CCC(Oc2ccc(Nc3cc(-c4cnc(N)nc4C(F)(F)F)nc(N4CCOCC4)n3)cn2)CC1. The zero-order valence-electron chi connectivity index (χ0n) is 22.4. The molecule has 2 aliphatic rings. The fourth-order valence-corrected chi connectivity index (χ4v) is 4.69. The molecular weight excluding hydrogens is 527 g/mol. The third kappa shape index (κ3) is 6.67. The Balaban J connectivity index is 1.38. The van der Waals surface area contributed by atoms with Gasteiger partial charge in [0, 0.05) is 56.1 Å². The quantitative estimate of drug-likeness (QED) is 0.439. The van der Waals surface area contributed by atoms with Crippen LogP contribution >= 0.6 is 0 Å². The predicted molar refractivity (Wildman–Crippen MR) is 143 cm³/mol. The molecule has 5 heterocycles. The van der Waals surface area contributed by atoms with Crippen molar-refractivity contribution in [3.63, 3.8) is 0 Å². The molecule has 0 atom stereocenters. The number of nitrogen functional groups attached to an aromatic ring is 1. The number of anilines is 4. The van der Waals surface area contributed by atoms with Gasteiger partial charge in [0.05, 0.1) is 30.8 Å². The van der Waals surface area contributed by atoms with Gasteiger partial charge in [-0.2, -0.15) is 18.2 Å². The lowest BCUT2D eigenvalue weighted by Gasteiger charge is -2.34. The summed E-state index contributed by atoms with van der Waals surface area (Å²) >= 11 is 0. The Morgan fingerprint density at radius 1 is 1.02 bits per heavy atom. The van der Waals surface area contributed by atoms with Gasteiger partial charge in [0.25, 0.3) is 0 Å². The molecule has 14 heteroatoms. The van der Waals surface area contributed by atoms with E-state index in [2.05, 4.69) is 49.0 Å². The lowest BCUT2D eigenvalue weighted by Crippen LogP contribution is -2.41. The van der Waals surface area contributed by atoms with E-state index >= 15 is 0 Å². The van der Waals surface area contributed by atoms with Crippen LogP contribution in [0.4, 0.5) is 36.6 Å². The van der Waals surface area contributed by atoms with Gasteiger partial charge in [-0.3, -0.25) is 0 Å². The smallest absolute Gasteiger partial charge is 0.434 e. The molecule has 0 saturated carbocycles. The van der Waals surface area contributed by atoms with Crippen LogP contribution in [-0.4, -0.2) is 81.4 Å². The Morgan fingerprint density at radius 2 is 1.77 bits per heavy atom. The number of rotatable bonds is 7. The van der Waals surface area contributed by atoms with Crippen molar-refractivity contribution in [2.45, 2.75) is 45.0 Å². The average Bonchev–Trinajstić information content (AvgIpc) is 2.94. The van der Waals surface area contributed by atoms with Crippen LogP contribution in [-0.2, 0) is 10.9 Å². The Bertz CT molecular complexity index is 1290. The van der Waals surface area contributed by atoms with Crippen LogP contribution in [0.5, 0.6) is 5.88 Å². The van der Waals surface area contributed by atoms with Crippen molar-refractivity contribution < 1.29 is 22.6 Å². The van der Waals surface area contributed by atoms with Gasteiger partial charge in [-0.1, -0.05) is 0 Å². The zero-order chi connectivity index (χ0) is 28.3. The number of nitrogens with two attached hydrogens (primary N) is 1. The van der Waals surface area contributed by atoms with Crippen LogP contribution < -0.4 is 20.7 Å². The molecule has 3 aromatic heterocycles. The molecule has 3 N–H and O–H groups in total. The van der Waals surface area contributed by atoms with E-state index in [1.54, 1.807) is 18.3 Å². The molecule has 0 unspecified atom stereocenters. The van der Waals surface area contributed by atoms with Crippen LogP contribution in [0.2, 0.25) is 0 Å². The highest BCUT2D eigenvalue weighted by molar-refractivity contribution is 5.69. The normalized spacial score (nSPS) is 17.3. The summed E-state index contributed by atoms with van der Waals surface area (Å²) in [6, 6.07) is 5.48. The van der Waals surface area contributed by atoms with Gasteiger partial charge in [0.15, 0.2) is 5.69 Å². The highest BCUT2D eigenvalue weighted by atomic mass is 19.4. The van der Waals surface area contributed by atoms with E-state index in [9.17, 15) is 13.2 Å². The first kappa shape index (κ1) is 27.8. The van der Waals surface area contributed by atoms with E-state index in [4.69, 9.17) is 15.2 Å². The van der Waals surface area contributed by atoms with Crippen molar-refractivity contribution in [2.24, 2.45) is 0 Å². The van der Waals surface area contributed by atoms with Gasteiger partial charge in [-0.15, -0.1) is 0 Å². The standard InChI is InChI=1S/C26H32F3N9O2/c1-16(2)37-7-5-18(6-8-37)40-22-4-3-17(14-31-22)33-21-13-20(34-25(35-21)38-9-11-39-12-10-38)19-15-32-24(30)36-23(19)26(27,28)29/h3-4,13-16,18H,5-12H2,1-2H3,(H2,30,32,36)(H,33,34,35). The van der Waals surface area contributed by atoms with Crippen LogP contribution in [0, 0.1) is 0 Å². The summed E-state index contributed by atoms with van der Waals surface area (Å²) in [4.78, 5) is 24.9. The minimum atomic E-state index is -4.75. The second-order valence-electron chi connectivity index (χ2n) is 9.98. The number of halogens is 3. The number of likely N-dealkylation sites (tertiary alicyclic amines) is 1. The number of hydrogen-bond acceptors (Lipinski definition) is 11. The molecule has 2 aliphatic heterocycles. The molecule has 0 spiro atoms. The minimum absolute atomic E-state index is 0.00645. The number of alkyl halides is 3. The number of morpholine rings is 1. The Kier molecular flexibility index (Phi) is 8.17. The van der Waals surface area contributed by atoms with Gasteiger partial charge in [0.1, 0.15) is 11.9 Å². The molecule has 0 aliphatic carbocycles. The van der Waals surface area contributed by atoms with Crippen molar-refractivity contribution >= 4 is 23.4 Å². The molecule has 3 aromatic rings. The maximum absolute atomic E-state index is 13.8. The summed E-state index contributed by atoms with van der Waals surface area (Å²) in [6.07, 6.45) is -0.158. The Labute approximate surface area is 230 Å².